The summed E-state index contributed by atoms with van der Waals surface area (Å²) in [4.78, 5) is 13.5. The number of aryl methyl sites for hydroxylation is 1. The fraction of sp³-hybridized carbons (Fsp3) is 0.0172. The average molecular weight is 812 g/mol. The van der Waals surface area contributed by atoms with Crippen LogP contribution in [0.3, 0.4) is 0 Å². The van der Waals surface area contributed by atoms with Gasteiger partial charge >= 0.3 is 0 Å². The minimum Gasteiger partial charge on any atom is -0.506 e. The molecule has 63 heavy (non-hydrogen) atoms. The first-order valence-electron chi connectivity index (χ1n) is 20.9. The largest absolute Gasteiger partial charge is 0.506 e. The summed E-state index contributed by atoms with van der Waals surface area (Å²) in [5.74, 6) is 0.288. The van der Waals surface area contributed by atoms with Gasteiger partial charge in [0.05, 0.1) is 29.5 Å². The summed E-state index contributed by atoms with van der Waals surface area (Å²) in [6.07, 6.45) is 4.86. The number of hydrogen-bond acceptors (Lipinski definition) is 5. The predicted octanol–water partition coefficient (Wildman–Crippen LogP) is 14.6. The summed E-state index contributed by atoms with van der Waals surface area (Å²) in [6.45, 7) is 2.05. The second-order valence-electron chi connectivity index (χ2n) is 15.7. The summed E-state index contributed by atoms with van der Waals surface area (Å²) >= 11 is 0. The van der Waals surface area contributed by atoms with Crippen LogP contribution >= 0.6 is 0 Å². The predicted molar refractivity (Wildman–Crippen MR) is 257 cm³/mol. The third-order valence-electron chi connectivity index (χ3n) is 11.5. The third-order valence-corrected chi connectivity index (χ3v) is 11.5. The van der Waals surface area contributed by atoms with E-state index in [4.69, 9.17) is 0 Å². The number of hydrogen-bond donors (Lipinski definition) is 2. The van der Waals surface area contributed by atoms with E-state index in [1.54, 1.807) is 12.1 Å². The maximum absolute atomic E-state index is 9.81. The molecule has 0 saturated carbocycles. The Morgan fingerprint density at radius 1 is 0.270 bits per heavy atom. The lowest BCUT2D eigenvalue weighted by Gasteiger charge is -2.18. The average Bonchev–Trinajstić information content (AvgIpc) is 3.35. The monoisotopic (exact) mass is 811 g/mol. The summed E-state index contributed by atoms with van der Waals surface area (Å²) in [6, 6.07) is 69.6. The molecular weight excluding hydrogens is 771 g/mol. The van der Waals surface area contributed by atoms with Crippen LogP contribution in [0.2, 0.25) is 0 Å². The van der Waals surface area contributed by atoms with E-state index in [-0.39, 0.29) is 11.5 Å². The second kappa shape index (κ2) is 16.9. The summed E-state index contributed by atoms with van der Waals surface area (Å²) in [5.41, 5.74) is 20.1. The molecule has 0 fully saturated rings. The molecule has 0 amide bonds. The van der Waals surface area contributed by atoms with Crippen LogP contribution in [0.4, 0.5) is 0 Å². The van der Waals surface area contributed by atoms with Gasteiger partial charge in [0.15, 0.2) is 0 Å². The second-order valence-corrected chi connectivity index (χ2v) is 15.7. The van der Waals surface area contributed by atoms with Gasteiger partial charge in [-0.15, -0.1) is 0 Å². The molecule has 5 heteroatoms. The molecule has 0 saturated heterocycles. The topological polar surface area (TPSA) is 79.1 Å². The van der Waals surface area contributed by atoms with Crippen LogP contribution in [0.25, 0.3) is 101 Å². The van der Waals surface area contributed by atoms with Crippen molar-refractivity contribution in [3.8, 4) is 112 Å². The number of rotatable bonds is 9. The summed E-state index contributed by atoms with van der Waals surface area (Å²) < 4.78 is 0. The first-order valence-corrected chi connectivity index (χ1v) is 20.9. The van der Waals surface area contributed by atoms with E-state index in [2.05, 4.69) is 198 Å². The van der Waals surface area contributed by atoms with Crippen LogP contribution in [-0.4, -0.2) is 25.2 Å². The zero-order valence-electron chi connectivity index (χ0n) is 34.5. The lowest BCUT2D eigenvalue weighted by molar-refractivity contribution is 0.472. The molecule has 10 rings (SSSR count). The molecule has 5 nitrogen and oxygen atoms in total. The SMILES string of the molecule is Cc1ccc(-c2ccc(-c3ccccc3-c3cc(-c4ccccc4-c4ccc(-c5ccc(O)cn5)cc4)cc(-c4ccccc4-c4ccc(-c5ccc(O)cn5)cc4)c3)cc2)nc1. The highest BCUT2D eigenvalue weighted by Gasteiger charge is 2.17. The highest BCUT2D eigenvalue weighted by Crippen LogP contribution is 2.43. The maximum atomic E-state index is 9.81. The molecule has 7 aromatic carbocycles. The highest BCUT2D eigenvalue weighted by atomic mass is 16.3. The van der Waals surface area contributed by atoms with E-state index in [1.807, 2.05) is 18.3 Å². The molecule has 0 atom stereocenters. The number of aromatic hydroxyl groups is 2. The minimum absolute atomic E-state index is 0.144. The first kappa shape index (κ1) is 38.8. The van der Waals surface area contributed by atoms with Gasteiger partial charge in [0.2, 0.25) is 0 Å². The van der Waals surface area contributed by atoms with Crippen molar-refractivity contribution >= 4 is 0 Å². The van der Waals surface area contributed by atoms with Gasteiger partial charge in [-0.3, -0.25) is 15.0 Å². The Morgan fingerprint density at radius 2 is 0.540 bits per heavy atom. The molecule has 3 aromatic heterocycles. The van der Waals surface area contributed by atoms with Gasteiger partial charge in [-0.25, -0.2) is 0 Å². The van der Waals surface area contributed by atoms with E-state index < -0.39 is 0 Å². The Bertz CT molecular complexity index is 2840. The Balaban J connectivity index is 1.10. The van der Waals surface area contributed by atoms with Crippen LogP contribution in [0.1, 0.15) is 5.56 Å². The van der Waals surface area contributed by atoms with E-state index in [1.165, 1.54) is 12.4 Å². The van der Waals surface area contributed by atoms with Gasteiger partial charge < -0.3 is 10.2 Å². The van der Waals surface area contributed by atoms with Crippen molar-refractivity contribution in [3.63, 3.8) is 0 Å². The standard InChI is InChI=1S/C58H41N3O2/c1-38-14-29-56(59-35-38)42-21-15-39(16-22-42)50-8-2-5-11-53(50)45-32-46(54-12-6-3-9-51(54)40-17-23-43(24-18-40)57-30-27-48(62)36-60-57)34-47(33-45)55-13-7-4-10-52(55)41-19-25-44(26-20-41)58-31-28-49(63)37-61-58/h2-37,62-63H,1H3. The molecule has 0 aliphatic carbocycles. The van der Waals surface area contributed by atoms with E-state index in [0.717, 1.165) is 106 Å². The Morgan fingerprint density at radius 3 is 0.810 bits per heavy atom. The van der Waals surface area contributed by atoms with Crippen molar-refractivity contribution in [1.29, 1.82) is 0 Å². The number of benzene rings is 7. The molecule has 0 radical (unpaired) electrons. The van der Waals surface area contributed by atoms with Crippen LogP contribution in [-0.2, 0) is 0 Å². The molecule has 0 aliphatic rings. The number of aromatic nitrogens is 3. The molecule has 10 aromatic rings. The molecule has 300 valence electrons. The highest BCUT2D eigenvalue weighted by molar-refractivity contribution is 5.94. The van der Waals surface area contributed by atoms with Crippen molar-refractivity contribution < 1.29 is 10.2 Å². The smallest absolute Gasteiger partial charge is 0.133 e. The van der Waals surface area contributed by atoms with Crippen LogP contribution in [0, 0.1) is 6.92 Å². The van der Waals surface area contributed by atoms with Gasteiger partial charge in [-0.1, -0.05) is 152 Å². The van der Waals surface area contributed by atoms with E-state index in [0.29, 0.717) is 0 Å². The van der Waals surface area contributed by atoms with Crippen molar-refractivity contribution in [3.05, 3.63) is 224 Å². The van der Waals surface area contributed by atoms with Gasteiger partial charge in [0.25, 0.3) is 0 Å². The van der Waals surface area contributed by atoms with Crippen LogP contribution < -0.4 is 0 Å². The van der Waals surface area contributed by atoms with Gasteiger partial charge in [-0.05, 0) is 128 Å². The van der Waals surface area contributed by atoms with Gasteiger partial charge in [0.1, 0.15) is 11.5 Å². The normalized spacial score (nSPS) is 11.1. The van der Waals surface area contributed by atoms with Crippen molar-refractivity contribution in [2.24, 2.45) is 0 Å². The van der Waals surface area contributed by atoms with Crippen molar-refractivity contribution in [1.82, 2.24) is 15.0 Å². The van der Waals surface area contributed by atoms with Crippen LogP contribution in [0.5, 0.6) is 11.5 Å². The van der Waals surface area contributed by atoms with Crippen molar-refractivity contribution in [2.75, 3.05) is 0 Å². The lowest BCUT2D eigenvalue weighted by Crippen LogP contribution is -1.92. The van der Waals surface area contributed by atoms with Gasteiger partial charge in [0, 0.05) is 22.9 Å². The van der Waals surface area contributed by atoms with E-state index >= 15 is 0 Å². The molecule has 0 bridgehead atoms. The summed E-state index contributed by atoms with van der Waals surface area (Å²) in [7, 11) is 0. The fourth-order valence-electron chi connectivity index (χ4n) is 8.27. The molecule has 0 aliphatic heterocycles. The Hall–Kier alpha value is -8.41. The number of pyridine rings is 3. The minimum atomic E-state index is 0.144. The molecule has 3 heterocycles. The maximum Gasteiger partial charge on any atom is 0.133 e. The zero-order chi connectivity index (χ0) is 42.7. The molecule has 2 N–H and O–H groups in total. The number of nitrogens with zero attached hydrogens (tertiary/aromatic N) is 3. The first-order chi connectivity index (χ1) is 30.9. The Kier molecular flexibility index (Phi) is 10.4. The zero-order valence-corrected chi connectivity index (χ0v) is 34.5. The molecule has 0 spiro atoms. The Labute approximate surface area is 367 Å². The fourth-order valence-corrected chi connectivity index (χ4v) is 8.27. The van der Waals surface area contributed by atoms with Crippen LogP contribution in [0.15, 0.2) is 219 Å². The van der Waals surface area contributed by atoms with Crippen molar-refractivity contribution in [2.45, 2.75) is 6.92 Å². The lowest BCUT2D eigenvalue weighted by atomic mass is 9.86. The van der Waals surface area contributed by atoms with Gasteiger partial charge in [-0.2, -0.15) is 0 Å². The molecule has 0 unspecified atom stereocenters. The summed E-state index contributed by atoms with van der Waals surface area (Å²) in [5, 5.41) is 19.6. The third kappa shape index (κ3) is 8.11. The quantitative estimate of drug-likeness (QED) is 0.152. The van der Waals surface area contributed by atoms with E-state index in [9.17, 15) is 10.2 Å². The molecular formula is C58H41N3O2.